The number of likely N-dealkylation sites (N-methyl/N-ethyl adjacent to an activating group) is 1. The molecule has 0 spiro atoms. The van der Waals surface area contributed by atoms with Crippen LogP contribution in [-0.4, -0.2) is 66.6 Å². The van der Waals surface area contributed by atoms with Crippen molar-refractivity contribution in [1.82, 2.24) is 15.1 Å². The molecule has 1 atom stereocenters. The molecule has 1 saturated heterocycles. The summed E-state index contributed by atoms with van der Waals surface area (Å²) in [5.74, 6) is -0.202. The van der Waals surface area contributed by atoms with E-state index >= 15 is 0 Å². The molecule has 122 valence electrons. The van der Waals surface area contributed by atoms with Crippen LogP contribution in [0.4, 0.5) is 0 Å². The molecular formula is C16H24ClN3O2. The Kier molecular flexibility index (Phi) is 6.06. The van der Waals surface area contributed by atoms with Crippen molar-refractivity contribution in [1.29, 1.82) is 0 Å². The molecule has 0 bridgehead atoms. The number of hydrogen-bond donors (Lipinski definition) is 2. The van der Waals surface area contributed by atoms with Crippen molar-refractivity contribution in [2.75, 3.05) is 39.8 Å². The number of phenolic OH excluding ortho intramolecular Hbond substituents is 1. The van der Waals surface area contributed by atoms with Crippen molar-refractivity contribution in [3.63, 3.8) is 0 Å². The average Bonchev–Trinajstić information content (AvgIpc) is 2.49. The SMILES string of the molecule is CC(CCN1CCN(C)CC1)NC(=O)c1cc(O)ccc1Cl. The molecule has 6 heteroatoms. The Morgan fingerprint density at radius 1 is 1.36 bits per heavy atom. The molecule has 1 aromatic rings. The minimum atomic E-state index is -0.244. The highest BCUT2D eigenvalue weighted by Gasteiger charge is 2.17. The average molecular weight is 326 g/mol. The standard InChI is InChI=1S/C16H24ClN3O2/c1-12(5-6-20-9-7-19(2)8-10-20)18-16(22)14-11-13(21)3-4-15(14)17/h3-4,11-12,21H,5-10H2,1-2H3,(H,18,22). The topological polar surface area (TPSA) is 55.8 Å². The third-order valence-corrected chi connectivity index (χ3v) is 4.38. The summed E-state index contributed by atoms with van der Waals surface area (Å²) in [6, 6.07) is 4.45. The summed E-state index contributed by atoms with van der Waals surface area (Å²) >= 11 is 6.00. The molecule has 1 unspecified atom stereocenters. The number of nitrogens with zero attached hydrogens (tertiary/aromatic N) is 2. The molecule has 0 aliphatic carbocycles. The Morgan fingerprint density at radius 2 is 2.05 bits per heavy atom. The number of halogens is 1. The van der Waals surface area contributed by atoms with Gasteiger partial charge in [-0.2, -0.15) is 0 Å². The maximum atomic E-state index is 12.2. The summed E-state index contributed by atoms with van der Waals surface area (Å²) in [6.45, 7) is 7.32. The van der Waals surface area contributed by atoms with Crippen LogP contribution in [0.2, 0.25) is 5.02 Å². The molecule has 1 heterocycles. The summed E-state index contributed by atoms with van der Waals surface area (Å²) in [4.78, 5) is 16.9. The van der Waals surface area contributed by atoms with E-state index in [1.807, 2.05) is 6.92 Å². The lowest BCUT2D eigenvalue weighted by Gasteiger charge is -2.32. The van der Waals surface area contributed by atoms with Gasteiger partial charge in [0.15, 0.2) is 0 Å². The van der Waals surface area contributed by atoms with Gasteiger partial charge in [0.05, 0.1) is 10.6 Å². The summed E-state index contributed by atoms with van der Waals surface area (Å²) in [7, 11) is 2.14. The second-order valence-electron chi connectivity index (χ2n) is 5.97. The highest BCUT2D eigenvalue weighted by molar-refractivity contribution is 6.33. The molecule has 0 radical (unpaired) electrons. The molecule has 1 fully saturated rings. The van der Waals surface area contributed by atoms with Crippen molar-refractivity contribution >= 4 is 17.5 Å². The van der Waals surface area contributed by atoms with Gasteiger partial charge in [-0.25, -0.2) is 0 Å². The maximum Gasteiger partial charge on any atom is 0.253 e. The van der Waals surface area contributed by atoms with E-state index in [9.17, 15) is 9.90 Å². The lowest BCUT2D eigenvalue weighted by Crippen LogP contribution is -2.46. The van der Waals surface area contributed by atoms with Crippen molar-refractivity contribution in [3.05, 3.63) is 28.8 Å². The summed E-state index contributed by atoms with van der Waals surface area (Å²) in [6.07, 6.45) is 0.895. The normalized spacial score (nSPS) is 18.1. The summed E-state index contributed by atoms with van der Waals surface area (Å²) in [5, 5.41) is 12.8. The maximum absolute atomic E-state index is 12.2. The Balaban J connectivity index is 1.80. The van der Waals surface area contributed by atoms with Crippen LogP contribution in [0.25, 0.3) is 0 Å². The van der Waals surface area contributed by atoms with Crippen LogP contribution in [0, 0.1) is 0 Å². The van der Waals surface area contributed by atoms with Gasteiger partial charge in [-0.05, 0) is 38.6 Å². The van der Waals surface area contributed by atoms with Crippen LogP contribution >= 0.6 is 11.6 Å². The van der Waals surface area contributed by atoms with Gasteiger partial charge < -0.3 is 20.2 Å². The number of hydrogen-bond acceptors (Lipinski definition) is 4. The predicted octanol–water partition coefficient (Wildman–Crippen LogP) is 1.80. The molecule has 1 aromatic carbocycles. The van der Waals surface area contributed by atoms with Crippen molar-refractivity contribution in [2.45, 2.75) is 19.4 Å². The Labute approximate surface area is 136 Å². The van der Waals surface area contributed by atoms with Crippen LogP contribution in [0.3, 0.4) is 0 Å². The van der Waals surface area contributed by atoms with E-state index in [0.29, 0.717) is 10.6 Å². The number of amides is 1. The Bertz CT molecular complexity index is 516. The molecule has 2 rings (SSSR count). The number of benzene rings is 1. The van der Waals surface area contributed by atoms with E-state index in [2.05, 4.69) is 22.2 Å². The van der Waals surface area contributed by atoms with Gasteiger partial charge >= 0.3 is 0 Å². The van der Waals surface area contributed by atoms with Gasteiger partial charge in [0.1, 0.15) is 5.75 Å². The molecule has 1 aliphatic rings. The fourth-order valence-electron chi connectivity index (χ4n) is 2.51. The number of piperazine rings is 1. The molecule has 2 N–H and O–H groups in total. The predicted molar refractivity (Wildman–Crippen MR) is 88.6 cm³/mol. The minimum Gasteiger partial charge on any atom is -0.508 e. The first-order valence-corrected chi connectivity index (χ1v) is 8.04. The molecule has 0 aromatic heterocycles. The summed E-state index contributed by atoms with van der Waals surface area (Å²) in [5.41, 5.74) is 0.313. The zero-order valence-electron chi connectivity index (χ0n) is 13.2. The van der Waals surface area contributed by atoms with Crippen LogP contribution < -0.4 is 5.32 Å². The van der Waals surface area contributed by atoms with Crippen LogP contribution in [0.5, 0.6) is 5.75 Å². The number of carbonyl (C=O) groups excluding carboxylic acids is 1. The molecule has 5 nitrogen and oxygen atoms in total. The number of carbonyl (C=O) groups is 1. The first kappa shape index (κ1) is 17.1. The lowest BCUT2D eigenvalue weighted by atomic mass is 10.1. The molecule has 1 amide bonds. The zero-order valence-corrected chi connectivity index (χ0v) is 13.9. The van der Waals surface area contributed by atoms with E-state index in [1.165, 1.54) is 18.2 Å². The van der Waals surface area contributed by atoms with E-state index in [1.54, 1.807) is 0 Å². The highest BCUT2D eigenvalue weighted by atomic mass is 35.5. The smallest absolute Gasteiger partial charge is 0.253 e. The number of rotatable bonds is 5. The molecular weight excluding hydrogens is 302 g/mol. The van der Waals surface area contributed by atoms with E-state index in [-0.39, 0.29) is 17.7 Å². The largest absolute Gasteiger partial charge is 0.508 e. The monoisotopic (exact) mass is 325 g/mol. The first-order valence-electron chi connectivity index (χ1n) is 7.66. The van der Waals surface area contributed by atoms with Gasteiger partial charge in [0.25, 0.3) is 5.91 Å². The van der Waals surface area contributed by atoms with Crippen LogP contribution in [0.15, 0.2) is 18.2 Å². The van der Waals surface area contributed by atoms with Crippen molar-refractivity contribution < 1.29 is 9.90 Å². The van der Waals surface area contributed by atoms with Crippen molar-refractivity contribution in [3.8, 4) is 5.75 Å². The number of aromatic hydroxyl groups is 1. The molecule has 1 aliphatic heterocycles. The zero-order chi connectivity index (χ0) is 16.1. The van der Waals surface area contributed by atoms with E-state index < -0.39 is 0 Å². The van der Waals surface area contributed by atoms with Gasteiger partial charge in [-0.1, -0.05) is 11.6 Å². The van der Waals surface area contributed by atoms with E-state index in [0.717, 1.165) is 39.1 Å². The van der Waals surface area contributed by atoms with Gasteiger partial charge in [-0.3, -0.25) is 4.79 Å². The fourth-order valence-corrected chi connectivity index (χ4v) is 2.71. The third kappa shape index (κ3) is 4.87. The van der Waals surface area contributed by atoms with Crippen LogP contribution in [-0.2, 0) is 0 Å². The Morgan fingerprint density at radius 3 is 2.73 bits per heavy atom. The summed E-state index contributed by atoms with van der Waals surface area (Å²) < 4.78 is 0. The van der Waals surface area contributed by atoms with Crippen LogP contribution in [0.1, 0.15) is 23.7 Å². The second-order valence-corrected chi connectivity index (χ2v) is 6.38. The third-order valence-electron chi connectivity index (χ3n) is 4.05. The van der Waals surface area contributed by atoms with E-state index in [4.69, 9.17) is 11.6 Å². The highest BCUT2D eigenvalue weighted by Crippen LogP contribution is 2.21. The second kappa shape index (κ2) is 7.81. The molecule has 22 heavy (non-hydrogen) atoms. The van der Waals surface area contributed by atoms with Gasteiger partial charge in [0, 0.05) is 38.8 Å². The van der Waals surface area contributed by atoms with Crippen molar-refractivity contribution in [2.24, 2.45) is 0 Å². The minimum absolute atomic E-state index is 0.0413. The lowest BCUT2D eigenvalue weighted by molar-refractivity contribution is 0.0931. The van der Waals surface area contributed by atoms with Gasteiger partial charge in [-0.15, -0.1) is 0 Å². The van der Waals surface area contributed by atoms with Gasteiger partial charge in [0.2, 0.25) is 0 Å². The Hall–Kier alpha value is -1.30. The number of phenols is 1. The molecule has 0 saturated carbocycles. The quantitative estimate of drug-likeness (QED) is 0.867. The number of nitrogens with one attached hydrogen (secondary N) is 1. The first-order chi connectivity index (χ1) is 10.5. The fraction of sp³-hybridized carbons (Fsp3) is 0.562.